The van der Waals surface area contributed by atoms with Crippen molar-refractivity contribution in [2.45, 2.75) is 12.8 Å². The fourth-order valence-electron chi connectivity index (χ4n) is 1.23. The first kappa shape index (κ1) is 12.2. The summed E-state index contributed by atoms with van der Waals surface area (Å²) in [4.78, 5) is 10.3. The first-order valence-corrected chi connectivity index (χ1v) is 4.86. The van der Waals surface area contributed by atoms with Gasteiger partial charge in [-0.15, -0.1) is 0 Å². The number of hydrogen-bond donors (Lipinski definition) is 1. The standard InChI is InChI=1S/C12H13FO3/c1-16-10-7-4-6-9(12(10)13)5-2-3-8-11(14)15/h2,4-7H,3,8H2,1H3,(H,14,15)/b5-2+. The lowest BCUT2D eigenvalue weighted by Crippen LogP contribution is -1.92. The largest absolute Gasteiger partial charge is 0.494 e. The fourth-order valence-corrected chi connectivity index (χ4v) is 1.23. The molecule has 0 amide bonds. The highest BCUT2D eigenvalue weighted by molar-refractivity contribution is 5.67. The van der Waals surface area contributed by atoms with Crippen LogP contribution in [-0.4, -0.2) is 18.2 Å². The van der Waals surface area contributed by atoms with E-state index in [0.29, 0.717) is 12.0 Å². The van der Waals surface area contributed by atoms with E-state index in [-0.39, 0.29) is 12.2 Å². The quantitative estimate of drug-likeness (QED) is 0.836. The van der Waals surface area contributed by atoms with Crippen LogP contribution in [0, 0.1) is 5.82 Å². The van der Waals surface area contributed by atoms with Gasteiger partial charge in [-0.05, 0) is 12.5 Å². The van der Waals surface area contributed by atoms with Crippen molar-refractivity contribution in [2.75, 3.05) is 7.11 Å². The van der Waals surface area contributed by atoms with Gasteiger partial charge in [-0.3, -0.25) is 4.79 Å². The number of halogens is 1. The second-order valence-corrected chi connectivity index (χ2v) is 3.20. The first-order valence-electron chi connectivity index (χ1n) is 4.86. The Hall–Kier alpha value is -1.84. The lowest BCUT2D eigenvalue weighted by atomic mass is 10.1. The molecule has 0 heterocycles. The number of benzene rings is 1. The summed E-state index contributed by atoms with van der Waals surface area (Å²) >= 11 is 0. The van der Waals surface area contributed by atoms with E-state index in [1.807, 2.05) is 0 Å². The van der Waals surface area contributed by atoms with Gasteiger partial charge in [-0.25, -0.2) is 4.39 Å². The van der Waals surface area contributed by atoms with Gasteiger partial charge in [0.25, 0.3) is 0 Å². The lowest BCUT2D eigenvalue weighted by molar-refractivity contribution is -0.136. The molecule has 0 atom stereocenters. The molecule has 0 bridgehead atoms. The molecule has 1 N–H and O–H groups in total. The number of hydrogen-bond acceptors (Lipinski definition) is 2. The zero-order chi connectivity index (χ0) is 12.0. The van der Waals surface area contributed by atoms with Gasteiger partial charge in [0.05, 0.1) is 7.11 Å². The number of carbonyl (C=O) groups is 1. The highest BCUT2D eigenvalue weighted by Crippen LogP contribution is 2.20. The number of rotatable bonds is 5. The molecule has 1 rings (SSSR count). The van der Waals surface area contributed by atoms with E-state index >= 15 is 0 Å². The van der Waals surface area contributed by atoms with Crippen LogP contribution in [0.25, 0.3) is 6.08 Å². The van der Waals surface area contributed by atoms with E-state index in [9.17, 15) is 9.18 Å². The summed E-state index contributed by atoms with van der Waals surface area (Å²) in [6, 6.07) is 4.82. The van der Waals surface area contributed by atoms with E-state index in [4.69, 9.17) is 9.84 Å². The molecule has 0 fully saturated rings. The predicted octanol–water partition coefficient (Wildman–Crippen LogP) is 2.71. The van der Waals surface area contributed by atoms with Crippen LogP contribution in [-0.2, 0) is 4.79 Å². The highest BCUT2D eigenvalue weighted by Gasteiger charge is 2.04. The minimum absolute atomic E-state index is 0.0437. The summed E-state index contributed by atoms with van der Waals surface area (Å²) in [6.07, 6.45) is 3.61. The smallest absolute Gasteiger partial charge is 0.303 e. The number of ether oxygens (including phenoxy) is 1. The molecule has 1 aromatic carbocycles. The molecule has 3 nitrogen and oxygen atoms in total. The van der Waals surface area contributed by atoms with Crippen LogP contribution < -0.4 is 4.74 Å². The third-order valence-corrected chi connectivity index (χ3v) is 2.04. The zero-order valence-electron chi connectivity index (χ0n) is 8.94. The Morgan fingerprint density at radius 3 is 2.94 bits per heavy atom. The highest BCUT2D eigenvalue weighted by atomic mass is 19.1. The van der Waals surface area contributed by atoms with Crippen molar-refractivity contribution >= 4 is 12.0 Å². The number of allylic oxidation sites excluding steroid dienone is 1. The summed E-state index contributed by atoms with van der Waals surface area (Å²) in [5.74, 6) is -1.12. The summed E-state index contributed by atoms with van der Waals surface area (Å²) in [7, 11) is 1.40. The Labute approximate surface area is 93.2 Å². The molecule has 0 aliphatic heterocycles. The van der Waals surface area contributed by atoms with E-state index < -0.39 is 11.8 Å². The molecule has 0 aliphatic carbocycles. The monoisotopic (exact) mass is 224 g/mol. The second-order valence-electron chi connectivity index (χ2n) is 3.20. The molecular weight excluding hydrogens is 211 g/mol. The van der Waals surface area contributed by atoms with Gasteiger partial charge in [-0.1, -0.05) is 24.3 Å². The van der Waals surface area contributed by atoms with Crippen molar-refractivity contribution in [3.05, 3.63) is 35.7 Å². The van der Waals surface area contributed by atoms with Crippen molar-refractivity contribution in [1.29, 1.82) is 0 Å². The average Bonchev–Trinajstić information content (AvgIpc) is 2.26. The van der Waals surface area contributed by atoms with Crippen molar-refractivity contribution in [2.24, 2.45) is 0 Å². The molecule has 0 saturated heterocycles. The van der Waals surface area contributed by atoms with E-state index in [0.717, 1.165) is 0 Å². The maximum absolute atomic E-state index is 13.6. The van der Waals surface area contributed by atoms with E-state index in [1.165, 1.54) is 13.2 Å². The molecule has 0 aromatic heterocycles. The molecule has 0 spiro atoms. The molecule has 86 valence electrons. The summed E-state index contributed by atoms with van der Waals surface area (Å²) in [5.41, 5.74) is 0.393. The van der Waals surface area contributed by atoms with Gasteiger partial charge >= 0.3 is 5.97 Å². The van der Waals surface area contributed by atoms with Gasteiger partial charge in [0, 0.05) is 12.0 Å². The second kappa shape index (κ2) is 5.90. The fraction of sp³-hybridized carbons (Fsp3) is 0.250. The molecule has 0 unspecified atom stereocenters. The Morgan fingerprint density at radius 1 is 1.56 bits per heavy atom. The first-order chi connectivity index (χ1) is 7.65. The van der Waals surface area contributed by atoms with Crippen LogP contribution in [0.4, 0.5) is 4.39 Å². The Kier molecular flexibility index (Phi) is 4.51. The van der Waals surface area contributed by atoms with Crippen LogP contribution in [0.15, 0.2) is 24.3 Å². The zero-order valence-corrected chi connectivity index (χ0v) is 8.94. The summed E-state index contributed by atoms with van der Waals surface area (Å²) < 4.78 is 18.4. The predicted molar refractivity (Wildman–Crippen MR) is 58.9 cm³/mol. The minimum atomic E-state index is -0.865. The third kappa shape index (κ3) is 3.38. The van der Waals surface area contributed by atoms with Gasteiger partial charge < -0.3 is 9.84 Å². The van der Waals surface area contributed by atoms with Crippen LogP contribution in [0.3, 0.4) is 0 Å². The van der Waals surface area contributed by atoms with Crippen LogP contribution in [0.5, 0.6) is 5.75 Å². The Balaban J connectivity index is 2.70. The minimum Gasteiger partial charge on any atom is -0.494 e. The maximum Gasteiger partial charge on any atom is 0.303 e. The lowest BCUT2D eigenvalue weighted by Gasteiger charge is -2.03. The van der Waals surface area contributed by atoms with Crippen LogP contribution in [0.2, 0.25) is 0 Å². The van der Waals surface area contributed by atoms with Crippen molar-refractivity contribution in [3.8, 4) is 5.75 Å². The molecule has 0 saturated carbocycles. The topological polar surface area (TPSA) is 46.5 Å². The molecule has 1 aromatic rings. The number of methoxy groups -OCH3 is 1. The SMILES string of the molecule is COc1cccc(/C=C/CCC(=O)O)c1F. The summed E-state index contributed by atoms with van der Waals surface area (Å²) in [5, 5.41) is 8.42. The Bertz CT molecular complexity index is 399. The van der Waals surface area contributed by atoms with Gasteiger partial charge in [-0.2, -0.15) is 0 Å². The molecule has 0 aliphatic rings. The van der Waals surface area contributed by atoms with Crippen molar-refractivity contribution in [1.82, 2.24) is 0 Å². The summed E-state index contributed by atoms with van der Waals surface area (Å²) in [6.45, 7) is 0. The molecule has 4 heteroatoms. The normalized spacial score (nSPS) is 10.6. The Morgan fingerprint density at radius 2 is 2.31 bits per heavy atom. The van der Waals surface area contributed by atoms with Gasteiger partial charge in [0.1, 0.15) is 0 Å². The average molecular weight is 224 g/mol. The third-order valence-electron chi connectivity index (χ3n) is 2.04. The number of aliphatic carboxylic acids is 1. The van der Waals surface area contributed by atoms with Gasteiger partial charge in [0.15, 0.2) is 11.6 Å². The van der Waals surface area contributed by atoms with Gasteiger partial charge in [0.2, 0.25) is 0 Å². The van der Waals surface area contributed by atoms with Crippen LogP contribution in [0.1, 0.15) is 18.4 Å². The molecule has 0 radical (unpaired) electrons. The van der Waals surface area contributed by atoms with E-state index in [2.05, 4.69) is 0 Å². The van der Waals surface area contributed by atoms with Crippen LogP contribution >= 0.6 is 0 Å². The van der Waals surface area contributed by atoms with E-state index in [1.54, 1.807) is 24.3 Å². The maximum atomic E-state index is 13.6. The molecule has 16 heavy (non-hydrogen) atoms. The van der Waals surface area contributed by atoms with Crippen molar-refractivity contribution < 1.29 is 19.0 Å². The number of carboxylic acids is 1. The molecular formula is C12H13FO3. The number of carboxylic acid groups (broad SMARTS) is 1. The van der Waals surface area contributed by atoms with Crippen molar-refractivity contribution in [3.63, 3.8) is 0 Å².